The van der Waals surface area contributed by atoms with Crippen LogP contribution in [0.3, 0.4) is 0 Å². The molecule has 2 aromatic rings. The molecule has 2 amide bonds. The van der Waals surface area contributed by atoms with E-state index in [0.717, 1.165) is 4.90 Å². The van der Waals surface area contributed by atoms with E-state index in [1.807, 2.05) is 0 Å². The first kappa shape index (κ1) is 15.5. The molecule has 3 rings (SSSR count). The zero-order valence-corrected chi connectivity index (χ0v) is 12.7. The molecule has 0 bridgehead atoms. The minimum absolute atomic E-state index is 0.0875. The summed E-state index contributed by atoms with van der Waals surface area (Å²) in [4.78, 5) is 36.0. The van der Waals surface area contributed by atoms with Crippen LogP contribution in [0.25, 0.3) is 0 Å². The Hall–Kier alpha value is -3.42. The van der Waals surface area contributed by atoms with E-state index < -0.39 is 16.7 Å². The van der Waals surface area contributed by atoms with E-state index in [9.17, 15) is 19.7 Å². The van der Waals surface area contributed by atoms with Gasteiger partial charge in [0.15, 0.2) is 5.75 Å². The number of methoxy groups -OCH3 is 1. The van der Waals surface area contributed by atoms with Crippen LogP contribution in [-0.2, 0) is 0 Å². The number of carbonyl (C=O) groups is 2. The summed E-state index contributed by atoms with van der Waals surface area (Å²) in [6, 6.07) is 10.9. The lowest BCUT2D eigenvalue weighted by atomic mass is 10.1. The van der Waals surface area contributed by atoms with E-state index in [0.29, 0.717) is 16.8 Å². The van der Waals surface area contributed by atoms with Crippen molar-refractivity contribution in [2.24, 2.45) is 0 Å². The van der Waals surface area contributed by atoms with Gasteiger partial charge >= 0.3 is 5.69 Å². The molecule has 8 nitrogen and oxygen atoms in total. The first-order chi connectivity index (χ1) is 11.5. The Labute approximate surface area is 136 Å². The number of nitro benzene ring substituents is 1. The molecule has 1 aliphatic rings. The number of carbonyl (C=O) groups excluding carboxylic acids is 2. The van der Waals surface area contributed by atoms with Crippen molar-refractivity contribution in [3.8, 4) is 5.75 Å². The number of nitrogens with zero attached hydrogens (tertiary/aromatic N) is 2. The molecule has 1 aliphatic heterocycles. The molecule has 0 saturated heterocycles. The maximum Gasteiger partial charge on any atom is 0.312 e. The SMILES string of the molecule is COc1ccc(NCN2C(=O)c3ccccc3C2=O)cc1[N+](=O)[O-]. The molecule has 1 N–H and O–H groups in total. The lowest BCUT2D eigenvalue weighted by Crippen LogP contribution is -2.34. The summed E-state index contributed by atoms with van der Waals surface area (Å²) >= 11 is 0. The van der Waals surface area contributed by atoms with Crippen LogP contribution in [0.5, 0.6) is 5.75 Å². The quantitative estimate of drug-likeness (QED) is 0.513. The number of anilines is 1. The van der Waals surface area contributed by atoms with Crippen LogP contribution >= 0.6 is 0 Å². The van der Waals surface area contributed by atoms with E-state index in [-0.39, 0.29) is 18.1 Å². The number of hydrogen-bond donors (Lipinski definition) is 1. The molecule has 0 unspecified atom stereocenters. The third-order valence-corrected chi connectivity index (χ3v) is 3.70. The average molecular weight is 327 g/mol. The Kier molecular flexibility index (Phi) is 3.87. The standard InChI is InChI=1S/C16H13N3O5/c1-24-14-7-6-10(8-13(14)19(22)23)17-9-18-15(20)11-4-2-3-5-12(11)16(18)21/h2-8,17H,9H2,1H3. The third kappa shape index (κ3) is 2.54. The van der Waals surface area contributed by atoms with Gasteiger partial charge < -0.3 is 10.1 Å². The molecule has 2 aromatic carbocycles. The Morgan fingerprint density at radius 1 is 1.12 bits per heavy atom. The zero-order valence-electron chi connectivity index (χ0n) is 12.7. The van der Waals surface area contributed by atoms with Gasteiger partial charge in [0, 0.05) is 11.8 Å². The molecule has 0 aromatic heterocycles. The lowest BCUT2D eigenvalue weighted by molar-refractivity contribution is -0.385. The number of nitro groups is 1. The van der Waals surface area contributed by atoms with Gasteiger partial charge in [-0.2, -0.15) is 0 Å². The Morgan fingerprint density at radius 3 is 2.29 bits per heavy atom. The normalized spacial score (nSPS) is 13.0. The highest BCUT2D eigenvalue weighted by Crippen LogP contribution is 2.30. The highest BCUT2D eigenvalue weighted by Gasteiger charge is 2.34. The van der Waals surface area contributed by atoms with E-state index >= 15 is 0 Å². The molecule has 0 aliphatic carbocycles. The third-order valence-electron chi connectivity index (χ3n) is 3.70. The van der Waals surface area contributed by atoms with Crippen LogP contribution in [0.15, 0.2) is 42.5 Å². The Balaban J connectivity index is 1.78. The second kappa shape index (κ2) is 5.99. The number of benzene rings is 2. The molecular formula is C16H13N3O5. The molecule has 0 fully saturated rings. The molecular weight excluding hydrogens is 314 g/mol. The fraction of sp³-hybridized carbons (Fsp3) is 0.125. The average Bonchev–Trinajstić information content (AvgIpc) is 2.84. The molecule has 8 heteroatoms. The minimum Gasteiger partial charge on any atom is -0.490 e. The summed E-state index contributed by atoms with van der Waals surface area (Å²) in [5, 5.41) is 13.9. The number of rotatable bonds is 5. The van der Waals surface area contributed by atoms with Gasteiger partial charge in [-0.15, -0.1) is 0 Å². The van der Waals surface area contributed by atoms with E-state index in [1.165, 1.54) is 19.2 Å². The van der Waals surface area contributed by atoms with Gasteiger partial charge in [0.1, 0.15) is 0 Å². The smallest absolute Gasteiger partial charge is 0.312 e. The van der Waals surface area contributed by atoms with Crippen molar-refractivity contribution in [2.45, 2.75) is 0 Å². The van der Waals surface area contributed by atoms with Crippen LogP contribution < -0.4 is 10.1 Å². The molecule has 0 spiro atoms. The van der Waals surface area contributed by atoms with Crippen molar-refractivity contribution >= 4 is 23.2 Å². The molecule has 122 valence electrons. The number of ether oxygens (including phenoxy) is 1. The predicted molar refractivity (Wildman–Crippen MR) is 85.1 cm³/mol. The van der Waals surface area contributed by atoms with Crippen LogP contribution in [0.4, 0.5) is 11.4 Å². The van der Waals surface area contributed by atoms with Crippen molar-refractivity contribution in [2.75, 3.05) is 19.1 Å². The highest BCUT2D eigenvalue weighted by atomic mass is 16.6. The van der Waals surface area contributed by atoms with Crippen molar-refractivity contribution in [3.63, 3.8) is 0 Å². The van der Waals surface area contributed by atoms with Crippen LogP contribution in [0.1, 0.15) is 20.7 Å². The Bertz CT molecular complexity index is 814. The summed E-state index contributed by atoms with van der Waals surface area (Å²) < 4.78 is 4.93. The second-order valence-electron chi connectivity index (χ2n) is 5.06. The topological polar surface area (TPSA) is 102 Å². The van der Waals surface area contributed by atoms with Crippen LogP contribution in [-0.4, -0.2) is 35.4 Å². The predicted octanol–water partition coefficient (Wildman–Crippen LogP) is 2.27. The van der Waals surface area contributed by atoms with Crippen molar-refractivity contribution < 1.29 is 19.2 Å². The van der Waals surface area contributed by atoms with Crippen molar-refractivity contribution in [3.05, 3.63) is 63.7 Å². The first-order valence-electron chi connectivity index (χ1n) is 7.04. The molecule has 0 radical (unpaired) electrons. The van der Waals surface area contributed by atoms with Gasteiger partial charge in [-0.1, -0.05) is 12.1 Å². The van der Waals surface area contributed by atoms with Gasteiger partial charge in [-0.25, -0.2) is 0 Å². The molecule has 1 heterocycles. The number of fused-ring (bicyclic) bond motifs is 1. The maximum absolute atomic E-state index is 12.2. The van der Waals surface area contributed by atoms with Crippen LogP contribution in [0.2, 0.25) is 0 Å². The fourth-order valence-electron chi connectivity index (χ4n) is 2.50. The minimum atomic E-state index is -0.563. The Morgan fingerprint density at radius 2 is 1.75 bits per heavy atom. The van der Waals surface area contributed by atoms with Crippen molar-refractivity contribution in [1.82, 2.24) is 4.90 Å². The van der Waals surface area contributed by atoms with Gasteiger partial charge in [-0.3, -0.25) is 24.6 Å². The number of hydrogen-bond acceptors (Lipinski definition) is 6. The fourth-order valence-corrected chi connectivity index (χ4v) is 2.50. The lowest BCUT2D eigenvalue weighted by Gasteiger charge is -2.15. The summed E-state index contributed by atoms with van der Waals surface area (Å²) in [5.74, 6) is -0.663. The number of amides is 2. The summed E-state index contributed by atoms with van der Waals surface area (Å²) in [5.41, 5.74) is 0.902. The highest BCUT2D eigenvalue weighted by molar-refractivity contribution is 6.21. The van der Waals surface area contributed by atoms with Gasteiger partial charge in [-0.05, 0) is 24.3 Å². The largest absolute Gasteiger partial charge is 0.490 e. The number of nitrogens with one attached hydrogen (secondary N) is 1. The van der Waals surface area contributed by atoms with E-state index in [2.05, 4.69) is 5.32 Å². The van der Waals surface area contributed by atoms with Gasteiger partial charge in [0.25, 0.3) is 11.8 Å². The van der Waals surface area contributed by atoms with E-state index in [4.69, 9.17) is 4.74 Å². The number of imide groups is 1. The summed E-state index contributed by atoms with van der Waals surface area (Å²) in [6.07, 6.45) is 0. The second-order valence-corrected chi connectivity index (χ2v) is 5.06. The van der Waals surface area contributed by atoms with Gasteiger partial charge in [0.2, 0.25) is 0 Å². The first-order valence-corrected chi connectivity index (χ1v) is 7.04. The zero-order chi connectivity index (χ0) is 17.3. The molecule has 24 heavy (non-hydrogen) atoms. The monoisotopic (exact) mass is 327 g/mol. The molecule has 0 saturated carbocycles. The molecule has 0 atom stereocenters. The van der Waals surface area contributed by atoms with Crippen molar-refractivity contribution in [1.29, 1.82) is 0 Å². The van der Waals surface area contributed by atoms with Crippen LogP contribution in [0, 0.1) is 10.1 Å². The summed E-state index contributed by atoms with van der Waals surface area (Å²) in [6.45, 7) is -0.0875. The van der Waals surface area contributed by atoms with Gasteiger partial charge in [0.05, 0.1) is 29.8 Å². The summed E-state index contributed by atoms with van der Waals surface area (Å²) in [7, 11) is 1.34. The van der Waals surface area contributed by atoms with E-state index in [1.54, 1.807) is 30.3 Å². The maximum atomic E-state index is 12.2.